The molecule has 1 atom stereocenters. The predicted molar refractivity (Wildman–Crippen MR) is 173 cm³/mol. The van der Waals surface area contributed by atoms with Gasteiger partial charge in [-0.3, -0.25) is 9.59 Å². The molecule has 0 bridgehead atoms. The first kappa shape index (κ1) is 34.5. The molecule has 0 spiro atoms. The van der Waals surface area contributed by atoms with Gasteiger partial charge in [-0.2, -0.15) is 0 Å². The van der Waals surface area contributed by atoms with Crippen molar-refractivity contribution in [2.45, 2.75) is 39.0 Å². The summed E-state index contributed by atoms with van der Waals surface area (Å²) in [5.74, 6) is 0.908. The van der Waals surface area contributed by atoms with Gasteiger partial charge >= 0.3 is 6.09 Å². The molecule has 1 heterocycles. The molecule has 3 aromatic rings. The van der Waals surface area contributed by atoms with Gasteiger partial charge in [-0.25, -0.2) is 9.69 Å². The first-order chi connectivity index (χ1) is 22.6. The van der Waals surface area contributed by atoms with Crippen molar-refractivity contribution in [1.82, 2.24) is 9.80 Å². The summed E-state index contributed by atoms with van der Waals surface area (Å²) in [6.45, 7) is 3.38. The Morgan fingerprint density at radius 3 is 1.72 bits per heavy atom. The molecule has 3 aromatic carbocycles. The number of imide groups is 1. The van der Waals surface area contributed by atoms with Gasteiger partial charge in [-0.1, -0.05) is 30.3 Å². The molecule has 0 saturated carbocycles. The van der Waals surface area contributed by atoms with E-state index in [9.17, 15) is 14.4 Å². The number of nitrogens with zero attached hydrogens (tertiary/aromatic N) is 2. The molecule has 1 fully saturated rings. The Morgan fingerprint density at radius 2 is 1.26 bits per heavy atom. The van der Waals surface area contributed by atoms with E-state index in [-0.39, 0.29) is 18.7 Å². The molecule has 1 saturated heterocycles. The van der Waals surface area contributed by atoms with Gasteiger partial charge in [0.05, 0.1) is 55.3 Å². The zero-order valence-electron chi connectivity index (χ0n) is 27.8. The summed E-state index contributed by atoms with van der Waals surface area (Å²) in [7, 11) is 8.87. The lowest BCUT2D eigenvalue weighted by Crippen LogP contribution is -2.61. The van der Waals surface area contributed by atoms with Crippen LogP contribution in [0.1, 0.15) is 30.5 Å². The number of rotatable bonds is 12. The smallest absolute Gasteiger partial charge is 0.417 e. The van der Waals surface area contributed by atoms with Crippen molar-refractivity contribution >= 4 is 24.0 Å². The zero-order chi connectivity index (χ0) is 34.2. The Kier molecular flexibility index (Phi) is 11.2. The highest BCUT2D eigenvalue weighted by molar-refractivity contribution is 6.13. The summed E-state index contributed by atoms with van der Waals surface area (Å²) in [5, 5.41) is 0. The van der Waals surface area contributed by atoms with Crippen LogP contribution in [0.5, 0.6) is 34.5 Å². The number of carbonyl (C=O) groups excluding carboxylic acids is 3. The van der Waals surface area contributed by atoms with Gasteiger partial charge in [0.15, 0.2) is 23.0 Å². The number of amides is 3. The van der Waals surface area contributed by atoms with Crippen molar-refractivity contribution in [2.75, 3.05) is 42.7 Å². The SMILES string of the molecule is COc1cc(C=C2C(=O)N(C(=O)OC(C)C)C(Cc3cc(OC)c(OC)c(OC)c3)C(=O)N2Cc2ccccc2)cc(OC)c1OC. The number of hydrogen-bond donors (Lipinski definition) is 0. The monoisotopic (exact) mass is 648 g/mol. The lowest BCUT2D eigenvalue weighted by atomic mass is 9.98. The van der Waals surface area contributed by atoms with Crippen LogP contribution in [0.4, 0.5) is 4.79 Å². The van der Waals surface area contributed by atoms with Crippen molar-refractivity contribution in [3.8, 4) is 34.5 Å². The fourth-order valence-corrected chi connectivity index (χ4v) is 5.32. The summed E-state index contributed by atoms with van der Waals surface area (Å²) in [5.41, 5.74) is 1.75. The zero-order valence-corrected chi connectivity index (χ0v) is 27.8. The van der Waals surface area contributed by atoms with Crippen molar-refractivity contribution in [2.24, 2.45) is 0 Å². The van der Waals surface area contributed by atoms with Crippen LogP contribution in [0.15, 0.2) is 60.3 Å². The van der Waals surface area contributed by atoms with E-state index in [0.717, 1.165) is 10.5 Å². The van der Waals surface area contributed by atoms with Gasteiger partial charge in [0, 0.05) is 6.42 Å². The van der Waals surface area contributed by atoms with Gasteiger partial charge in [0.25, 0.3) is 11.8 Å². The maximum atomic E-state index is 14.6. The standard InChI is InChI=1S/C35H40N2O10/c1-21(2)47-35(40)37-26(15-24-18-29(43-5)32(46-8)30(19-24)44-6)33(38)36(20-22-12-10-9-11-13-22)25(34(37)39)14-23-16-27(41-3)31(45-7)28(17-23)42-4/h9-14,16-19,21,26H,15,20H2,1-8H3. The normalized spacial score (nSPS) is 15.5. The molecule has 3 amide bonds. The van der Waals surface area contributed by atoms with E-state index in [0.29, 0.717) is 45.6 Å². The second-order valence-corrected chi connectivity index (χ2v) is 10.8. The highest BCUT2D eigenvalue weighted by Crippen LogP contribution is 2.41. The molecule has 12 nitrogen and oxygen atoms in total. The van der Waals surface area contributed by atoms with Crippen LogP contribution in [0, 0.1) is 0 Å². The van der Waals surface area contributed by atoms with Gasteiger partial charge < -0.3 is 38.1 Å². The lowest BCUT2D eigenvalue weighted by Gasteiger charge is -2.40. The van der Waals surface area contributed by atoms with Gasteiger partial charge in [0.2, 0.25) is 11.5 Å². The Hall–Kier alpha value is -5.39. The van der Waals surface area contributed by atoms with Crippen LogP contribution in [0.25, 0.3) is 6.08 Å². The third-order valence-electron chi connectivity index (χ3n) is 7.45. The molecule has 0 aliphatic carbocycles. The number of methoxy groups -OCH3 is 6. The summed E-state index contributed by atoms with van der Waals surface area (Å²) < 4.78 is 38.4. The third-order valence-corrected chi connectivity index (χ3v) is 7.45. The Balaban J connectivity index is 1.91. The quantitative estimate of drug-likeness (QED) is 0.245. The minimum atomic E-state index is -1.27. The number of benzene rings is 3. The first-order valence-corrected chi connectivity index (χ1v) is 14.8. The van der Waals surface area contributed by atoms with Crippen LogP contribution in [0.3, 0.4) is 0 Å². The van der Waals surface area contributed by atoms with Crippen molar-refractivity contribution in [3.05, 3.63) is 77.0 Å². The Morgan fingerprint density at radius 1 is 0.745 bits per heavy atom. The lowest BCUT2D eigenvalue weighted by molar-refractivity contribution is -0.149. The maximum Gasteiger partial charge on any atom is 0.417 e. The fourth-order valence-electron chi connectivity index (χ4n) is 5.32. The number of hydrogen-bond acceptors (Lipinski definition) is 10. The molecule has 0 radical (unpaired) electrons. The van der Waals surface area contributed by atoms with Crippen LogP contribution >= 0.6 is 0 Å². The van der Waals surface area contributed by atoms with E-state index < -0.39 is 30.1 Å². The number of ether oxygens (including phenoxy) is 7. The molecule has 250 valence electrons. The third kappa shape index (κ3) is 7.37. The topological polar surface area (TPSA) is 122 Å². The summed E-state index contributed by atoms with van der Waals surface area (Å²) in [6, 6.07) is 14.6. The highest BCUT2D eigenvalue weighted by Gasteiger charge is 2.47. The first-order valence-electron chi connectivity index (χ1n) is 14.8. The van der Waals surface area contributed by atoms with Crippen LogP contribution in [0.2, 0.25) is 0 Å². The minimum absolute atomic E-state index is 0.0463. The van der Waals surface area contributed by atoms with E-state index in [1.165, 1.54) is 53.6 Å². The molecule has 1 aliphatic heterocycles. The Bertz CT molecular complexity index is 1590. The molecule has 1 unspecified atom stereocenters. The maximum absolute atomic E-state index is 14.6. The average Bonchev–Trinajstić information content (AvgIpc) is 3.07. The van der Waals surface area contributed by atoms with Crippen molar-refractivity contribution < 1.29 is 47.5 Å². The van der Waals surface area contributed by atoms with E-state index in [1.54, 1.807) is 38.1 Å². The second kappa shape index (κ2) is 15.3. The molecule has 47 heavy (non-hydrogen) atoms. The van der Waals surface area contributed by atoms with E-state index in [1.807, 2.05) is 30.3 Å². The molecular weight excluding hydrogens is 608 g/mol. The van der Waals surface area contributed by atoms with Crippen molar-refractivity contribution in [1.29, 1.82) is 0 Å². The van der Waals surface area contributed by atoms with Crippen LogP contribution < -0.4 is 28.4 Å². The molecule has 12 heteroatoms. The molecule has 1 aliphatic rings. The van der Waals surface area contributed by atoms with Crippen LogP contribution in [-0.2, 0) is 27.3 Å². The summed E-state index contributed by atoms with van der Waals surface area (Å²) >= 11 is 0. The highest BCUT2D eigenvalue weighted by atomic mass is 16.6. The van der Waals surface area contributed by atoms with Crippen LogP contribution in [-0.4, -0.2) is 82.5 Å². The van der Waals surface area contributed by atoms with E-state index in [2.05, 4.69) is 0 Å². The molecule has 0 N–H and O–H groups in total. The van der Waals surface area contributed by atoms with Crippen molar-refractivity contribution in [3.63, 3.8) is 0 Å². The van der Waals surface area contributed by atoms with E-state index >= 15 is 0 Å². The number of carbonyl (C=O) groups is 3. The fraction of sp³-hybridized carbons (Fsp3) is 0.343. The average molecular weight is 649 g/mol. The number of piperazine rings is 1. The Labute approximate surface area is 274 Å². The van der Waals surface area contributed by atoms with Gasteiger partial charge in [-0.05, 0) is 60.9 Å². The molecule has 4 rings (SSSR count). The predicted octanol–water partition coefficient (Wildman–Crippen LogP) is 5.11. The molecule has 0 aromatic heterocycles. The molecular formula is C35H40N2O10. The van der Waals surface area contributed by atoms with Gasteiger partial charge in [0.1, 0.15) is 11.7 Å². The minimum Gasteiger partial charge on any atom is -0.493 e. The summed E-state index contributed by atoms with van der Waals surface area (Å²) in [6.07, 6.45) is -0.0565. The second-order valence-electron chi connectivity index (χ2n) is 10.8. The summed E-state index contributed by atoms with van der Waals surface area (Å²) in [4.78, 5) is 44.9. The van der Waals surface area contributed by atoms with Gasteiger partial charge in [-0.15, -0.1) is 0 Å². The largest absolute Gasteiger partial charge is 0.493 e. The van der Waals surface area contributed by atoms with E-state index in [4.69, 9.17) is 33.2 Å².